The molecule has 0 spiro atoms. The first-order valence-electron chi connectivity index (χ1n) is 6.56. The molecular formula is C15H19N2O2. The molecule has 0 aromatic carbocycles. The molecule has 1 aliphatic heterocycles. The highest BCUT2D eigenvalue weighted by molar-refractivity contribution is 5.90. The average molecular weight is 259 g/mol. The van der Waals surface area contributed by atoms with Crippen molar-refractivity contribution in [1.82, 2.24) is 10.2 Å². The van der Waals surface area contributed by atoms with Crippen molar-refractivity contribution < 1.29 is 9.90 Å². The lowest BCUT2D eigenvalue weighted by molar-refractivity contribution is -0.137. The van der Waals surface area contributed by atoms with E-state index in [1.54, 1.807) is 7.05 Å². The van der Waals surface area contributed by atoms with Crippen molar-refractivity contribution in [2.75, 3.05) is 20.1 Å². The minimum absolute atomic E-state index is 0.311. The first kappa shape index (κ1) is 13.7. The smallest absolute Gasteiger partial charge is 0.267 e. The number of nitrogens with zero attached hydrogens (tertiary/aromatic N) is 1. The molecule has 0 saturated carbocycles. The highest BCUT2D eigenvalue weighted by Crippen LogP contribution is 2.22. The van der Waals surface area contributed by atoms with E-state index in [1.165, 1.54) is 4.90 Å². The molecular weight excluding hydrogens is 240 g/mol. The molecule has 2 aliphatic rings. The molecule has 1 fully saturated rings. The Morgan fingerprint density at radius 3 is 3.00 bits per heavy atom. The predicted molar refractivity (Wildman–Crippen MR) is 73.7 cm³/mol. The first-order valence-corrected chi connectivity index (χ1v) is 6.56. The first-order chi connectivity index (χ1) is 9.07. The molecule has 1 atom stereocenters. The van der Waals surface area contributed by atoms with Crippen LogP contribution in [-0.4, -0.2) is 41.7 Å². The second kappa shape index (κ2) is 5.50. The normalized spacial score (nSPS) is 26.5. The number of carbonyl (C=O) groups excluding carboxylic acids is 1. The highest BCUT2D eigenvalue weighted by Gasteiger charge is 2.42. The zero-order valence-corrected chi connectivity index (χ0v) is 11.4. The van der Waals surface area contributed by atoms with Crippen LogP contribution in [0.4, 0.5) is 0 Å². The summed E-state index contributed by atoms with van der Waals surface area (Å²) in [7, 11) is 1.68. The lowest BCUT2D eigenvalue weighted by Crippen LogP contribution is -2.37. The van der Waals surface area contributed by atoms with Crippen LogP contribution in [-0.2, 0) is 4.79 Å². The summed E-state index contributed by atoms with van der Waals surface area (Å²) in [6, 6.07) is 0. The minimum Gasteiger partial charge on any atom is -0.385 e. The monoisotopic (exact) mass is 259 g/mol. The Bertz CT molecular complexity index is 496. The van der Waals surface area contributed by atoms with Gasteiger partial charge in [-0.25, -0.2) is 0 Å². The van der Waals surface area contributed by atoms with E-state index < -0.39 is 5.60 Å². The zero-order chi connectivity index (χ0) is 13.9. The molecule has 0 aromatic heterocycles. The maximum atomic E-state index is 11.8. The average Bonchev–Trinajstić information content (AvgIpc) is 2.67. The number of hydrogen-bond donors (Lipinski definition) is 2. The van der Waals surface area contributed by atoms with Crippen LogP contribution in [0.1, 0.15) is 19.8 Å². The number of nitrogens with one attached hydrogen (secondary N) is 1. The quantitative estimate of drug-likeness (QED) is 0.714. The van der Waals surface area contributed by atoms with Gasteiger partial charge in [-0.3, -0.25) is 4.79 Å². The molecule has 2 rings (SSSR count). The fourth-order valence-electron chi connectivity index (χ4n) is 2.18. The molecule has 0 unspecified atom stereocenters. The van der Waals surface area contributed by atoms with Gasteiger partial charge in [0.25, 0.3) is 5.91 Å². The maximum absolute atomic E-state index is 11.8. The molecule has 1 radical (unpaired) electrons. The van der Waals surface area contributed by atoms with Crippen LogP contribution < -0.4 is 5.32 Å². The summed E-state index contributed by atoms with van der Waals surface area (Å²) in [6.45, 7) is 3.38. The van der Waals surface area contributed by atoms with E-state index in [4.69, 9.17) is 0 Å². The number of rotatable bonds is 2. The molecule has 101 valence electrons. The lowest BCUT2D eigenvalue weighted by atomic mass is 9.99. The number of amides is 1. The largest absolute Gasteiger partial charge is 0.385 e. The van der Waals surface area contributed by atoms with Crippen LogP contribution in [0.3, 0.4) is 0 Å². The summed E-state index contributed by atoms with van der Waals surface area (Å²) in [4.78, 5) is 13.3. The van der Waals surface area contributed by atoms with E-state index in [0.29, 0.717) is 13.0 Å². The molecule has 1 amide bonds. The molecule has 1 aliphatic carbocycles. The Kier molecular flexibility index (Phi) is 3.96. The number of carbonyl (C=O) groups is 1. The number of likely N-dealkylation sites (tertiary alicyclic amines) is 1. The van der Waals surface area contributed by atoms with E-state index in [-0.39, 0.29) is 5.91 Å². The second-order valence-corrected chi connectivity index (χ2v) is 4.79. The van der Waals surface area contributed by atoms with Crippen LogP contribution in [0.15, 0.2) is 23.4 Å². The SMILES string of the molecule is CCNC1=CC[CH]C=C1C#C[C@]1(O)CCN(C)C1=O. The Morgan fingerprint density at radius 1 is 1.58 bits per heavy atom. The van der Waals surface area contributed by atoms with Crippen molar-refractivity contribution in [2.45, 2.75) is 25.4 Å². The van der Waals surface area contributed by atoms with Crippen molar-refractivity contribution >= 4 is 5.91 Å². The number of allylic oxidation sites excluding steroid dienone is 3. The summed E-state index contributed by atoms with van der Waals surface area (Å²) in [5.41, 5.74) is 0.272. The van der Waals surface area contributed by atoms with Gasteiger partial charge in [0.15, 0.2) is 0 Å². The van der Waals surface area contributed by atoms with Crippen molar-refractivity contribution in [1.29, 1.82) is 0 Å². The molecule has 2 N–H and O–H groups in total. The third kappa shape index (κ3) is 2.82. The third-order valence-electron chi connectivity index (χ3n) is 3.31. The van der Waals surface area contributed by atoms with Crippen LogP contribution >= 0.6 is 0 Å². The molecule has 0 aromatic rings. The van der Waals surface area contributed by atoms with Gasteiger partial charge in [-0.1, -0.05) is 24.0 Å². The van der Waals surface area contributed by atoms with Crippen LogP contribution in [0, 0.1) is 18.3 Å². The van der Waals surface area contributed by atoms with Crippen LogP contribution in [0.2, 0.25) is 0 Å². The van der Waals surface area contributed by atoms with E-state index in [0.717, 1.165) is 24.2 Å². The van der Waals surface area contributed by atoms with Gasteiger partial charge in [-0.2, -0.15) is 0 Å². The number of aliphatic hydroxyl groups is 1. The lowest BCUT2D eigenvalue weighted by Gasteiger charge is -2.15. The number of likely N-dealkylation sites (N-methyl/N-ethyl adjacent to an activating group) is 2. The van der Waals surface area contributed by atoms with E-state index in [1.807, 2.05) is 19.4 Å². The van der Waals surface area contributed by atoms with E-state index in [9.17, 15) is 9.90 Å². The van der Waals surface area contributed by atoms with Gasteiger partial charge >= 0.3 is 0 Å². The van der Waals surface area contributed by atoms with Crippen molar-refractivity contribution in [3.8, 4) is 11.8 Å². The summed E-state index contributed by atoms with van der Waals surface area (Å²) >= 11 is 0. The summed E-state index contributed by atoms with van der Waals surface area (Å²) in [5, 5.41) is 13.5. The number of hydrogen-bond acceptors (Lipinski definition) is 3. The summed E-state index contributed by atoms with van der Waals surface area (Å²) in [6.07, 6.45) is 7.24. The fourth-order valence-corrected chi connectivity index (χ4v) is 2.18. The Labute approximate surface area is 114 Å². The van der Waals surface area contributed by atoms with Crippen LogP contribution in [0.25, 0.3) is 0 Å². The van der Waals surface area contributed by atoms with Crippen LogP contribution in [0.5, 0.6) is 0 Å². The van der Waals surface area contributed by atoms with Crippen molar-refractivity contribution in [3.63, 3.8) is 0 Å². The predicted octanol–water partition coefficient (Wildman–Crippen LogP) is 0.611. The van der Waals surface area contributed by atoms with Gasteiger partial charge in [0.1, 0.15) is 0 Å². The fraction of sp³-hybridized carbons (Fsp3) is 0.467. The van der Waals surface area contributed by atoms with Crippen molar-refractivity contribution in [3.05, 3.63) is 29.8 Å². The van der Waals surface area contributed by atoms with Gasteiger partial charge < -0.3 is 15.3 Å². The standard InChI is InChI=1S/C15H19N2O2/c1-3-16-13-7-5-4-6-12(13)8-9-15(19)10-11-17(2)14(15)18/h4,6-7,16,19H,3,5,10-11H2,1-2H3/t15-/m0/s1. The minimum atomic E-state index is -1.52. The zero-order valence-electron chi connectivity index (χ0n) is 11.4. The molecule has 19 heavy (non-hydrogen) atoms. The Balaban J connectivity index is 2.17. The topological polar surface area (TPSA) is 52.6 Å². The Hall–Kier alpha value is -1.73. The molecule has 4 heteroatoms. The summed E-state index contributed by atoms with van der Waals surface area (Å²) < 4.78 is 0. The van der Waals surface area contributed by atoms with E-state index >= 15 is 0 Å². The molecule has 1 heterocycles. The van der Waals surface area contributed by atoms with Gasteiger partial charge in [-0.05, 0) is 19.8 Å². The molecule has 1 saturated heterocycles. The molecule has 0 bridgehead atoms. The van der Waals surface area contributed by atoms with E-state index in [2.05, 4.69) is 23.2 Å². The van der Waals surface area contributed by atoms with Gasteiger partial charge in [0.05, 0.1) is 0 Å². The Morgan fingerprint density at radius 2 is 2.37 bits per heavy atom. The summed E-state index contributed by atoms with van der Waals surface area (Å²) in [5.74, 6) is 5.37. The van der Waals surface area contributed by atoms with Gasteiger partial charge in [0, 0.05) is 37.8 Å². The second-order valence-electron chi connectivity index (χ2n) is 4.79. The van der Waals surface area contributed by atoms with Gasteiger partial charge in [-0.15, -0.1) is 0 Å². The van der Waals surface area contributed by atoms with Crippen molar-refractivity contribution in [2.24, 2.45) is 0 Å². The van der Waals surface area contributed by atoms with Gasteiger partial charge in [0.2, 0.25) is 5.60 Å². The highest BCUT2D eigenvalue weighted by atomic mass is 16.3. The maximum Gasteiger partial charge on any atom is 0.267 e. The molecule has 4 nitrogen and oxygen atoms in total. The third-order valence-corrected chi connectivity index (χ3v) is 3.31.